The molecular formula is C32H45N7O2. The highest BCUT2D eigenvalue weighted by atomic mass is 16.5. The number of aromatic nitrogens is 2. The first-order valence-electron chi connectivity index (χ1n) is 15.3. The molecule has 3 aromatic rings. The second-order valence-corrected chi connectivity index (χ2v) is 11.8. The van der Waals surface area contributed by atoms with Crippen LogP contribution >= 0.6 is 0 Å². The van der Waals surface area contributed by atoms with E-state index < -0.39 is 0 Å². The van der Waals surface area contributed by atoms with Gasteiger partial charge in [-0.25, -0.2) is 9.97 Å². The van der Waals surface area contributed by atoms with Crippen molar-refractivity contribution in [2.24, 2.45) is 0 Å². The molecule has 0 spiro atoms. The number of nitrogens with two attached hydrogens (primary N) is 1. The first kappa shape index (κ1) is 28.0. The van der Waals surface area contributed by atoms with E-state index in [2.05, 4.69) is 63.2 Å². The van der Waals surface area contributed by atoms with Crippen LogP contribution in [0.2, 0.25) is 0 Å². The molecule has 0 atom stereocenters. The highest BCUT2D eigenvalue weighted by molar-refractivity contribution is 6.00. The first-order chi connectivity index (χ1) is 20.0. The fraction of sp³-hybridized carbons (Fsp3) is 0.562. The molecule has 0 amide bonds. The molecule has 1 aromatic carbocycles. The molecule has 0 bridgehead atoms. The molecule has 6 rings (SSSR count). The van der Waals surface area contributed by atoms with Crippen LogP contribution in [0.25, 0.3) is 22.0 Å². The van der Waals surface area contributed by atoms with Crippen LogP contribution < -0.4 is 20.7 Å². The number of nitrogen functional groups attached to an aromatic ring is 1. The monoisotopic (exact) mass is 559 g/mol. The SMILES string of the molecule is CCc1cc2c(N)ncc(-c3ccc(N4CCC(N5CCN(C)CC5)CC4)c(OC)c3)c2nc1NC1CCOCC1. The summed E-state index contributed by atoms with van der Waals surface area (Å²) in [5.41, 5.74) is 11.6. The summed E-state index contributed by atoms with van der Waals surface area (Å²) >= 11 is 0. The van der Waals surface area contributed by atoms with Crippen molar-refractivity contribution >= 4 is 28.2 Å². The van der Waals surface area contributed by atoms with E-state index in [4.69, 9.17) is 20.2 Å². The van der Waals surface area contributed by atoms with Crippen LogP contribution in [0, 0.1) is 0 Å². The van der Waals surface area contributed by atoms with E-state index in [9.17, 15) is 0 Å². The summed E-state index contributed by atoms with van der Waals surface area (Å²) in [7, 11) is 3.99. The quantitative estimate of drug-likeness (QED) is 0.441. The molecule has 9 heteroatoms. The number of nitrogens with zero attached hydrogens (tertiary/aromatic N) is 5. The molecule has 0 saturated carbocycles. The van der Waals surface area contributed by atoms with Gasteiger partial charge in [0.15, 0.2) is 0 Å². The number of fused-ring (bicyclic) bond motifs is 1. The number of ether oxygens (including phenoxy) is 2. The molecule has 3 fully saturated rings. The Morgan fingerprint density at radius 2 is 1.78 bits per heavy atom. The van der Waals surface area contributed by atoms with E-state index in [-0.39, 0.29) is 0 Å². The lowest BCUT2D eigenvalue weighted by atomic mass is 9.99. The number of hydrogen-bond acceptors (Lipinski definition) is 9. The van der Waals surface area contributed by atoms with Gasteiger partial charge in [-0.1, -0.05) is 13.0 Å². The Hall–Kier alpha value is -3.14. The van der Waals surface area contributed by atoms with Gasteiger partial charge in [-0.2, -0.15) is 0 Å². The Labute approximate surface area is 244 Å². The summed E-state index contributed by atoms with van der Waals surface area (Å²) in [6.07, 6.45) is 7.07. The normalized spacial score (nSPS) is 20.0. The molecule has 3 saturated heterocycles. The second-order valence-electron chi connectivity index (χ2n) is 11.8. The van der Waals surface area contributed by atoms with Gasteiger partial charge in [-0.05, 0) is 68.5 Å². The van der Waals surface area contributed by atoms with Gasteiger partial charge in [0.05, 0.1) is 18.3 Å². The zero-order valence-electron chi connectivity index (χ0n) is 24.9. The number of methoxy groups -OCH3 is 1. The molecule has 0 unspecified atom stereocenters. The lowest BCUT2D eigenvalue weighted by molar-refractivity contribution is 0.0904. The number of likely N-dealkylation sites (N-methyl/N-ethyl adjacent to an activating group) is 1. The topological polar surface area (TPSA) is 92.0 Å². The summed E-state index contributed by atoms with van der Waals surface area (Å²) in [5.74, 6) is 2.33. The van der Waals surface area contributed by atoms with Gasteiger partial charge in [0, 0.05) is 81.7 Å². The number of benzene rings is 1. The van der Waals surface area contributed by atoms with Crippen LogP contribution in [-0.2, 0) is 11.2 Å². The summed E-state index contributed by atoms with van der Waals surface area (Å²) < 4.78 is 11.5. The maximum Gasteiger partial charge on any atom is 0.142 e. The third kappa shape index (κ3) is 5.94. The fourth-order valence-corrected chi connectivity index (χ4v) is 6.63. The van der Waals surface area contributed by atoms with Gasteiger partial charge in [0.1, 0.15) is 17.4 Å². The number of hydrogen-bond donors (Lipinski definition) is 2. The van der Waals surface area contributed by atoms with Gasteiger partial charge < -0.3 is 30.3 Å². The lowest BCUT2D eigenvalue weighted by Gasteiger charge is -2.42. The Bertz CT molecular complexity index is 1340. The van der Waals surface area contributed by atoms with Crippen molar-refractivity contribution in [2.45, 2.75) is 51.1 Å². The van der Waals surface area contributed by atoms with Crippen LogP contribution in [0.3, 0.4) is 0 Å². The third-order valence-corrected chi connectivity index (χ3v) is 9.26. The van der Waals surface area contributed by atoms with E-state index in [1.807, 2.05) is 6.20 Å². The van der Waals surface area contributed by atoms with Crippen LogP contribution in [0.15, 0.2) is 30.5 Å². The Morgan fingerprint density at radius 3 is 2.49 bits per heavy atom. The predicted octanol–water partition coefficient (Wildman–Crippen LogP) is 4.26. The van der Waals surface area contributed by atoms with Crippen LogP contribution in [0.5, 0.6) is 5.75 Å². The standard InChI is InChI=1S/C32H45N7O2/c1-4-22-19-26-30(36-32(22)35-24-9-17-41-18-10-24)27(21-34-31(26)33)23-5-6-28(29(20-23)40-3)39-11-7-25(8-12-39)38-15-13-37(2)14-16-38/h5-6,19-21,24-25H,4,7-18H2,1-3H3,(H2,33,34)(H,35,36). The van der Waals surface area contributed by atoms with E-state index in [1.54, 1.807) is 7.11 Å². The van der Waals surface area contributed by atoms with Crippen LogP contribution in [0.4, 0.5) is 17.3 Å². The minimum atomic E-state index is 0.362. The molecule has 2 aromatic heterocycles. The van der Waals surface area contributed by atoms with E-state index in [0.717, 1.165) is 90.4 Å². The summed E-state index contributed by atoms with van der Waals surface area (Å²) in [6, 6.07) is 9.72. The Morgan fingerprint density at radius 1 is 1.02 bits per heavy atom. The summed E-state index contributed by atoms with van der Waals surface area (Å²) in [4.78, 5) is 17.3. The van der Waals surface area contributed by atoms with Crippen molar-refractivity contribution in [1.82, 2.24) is 19.8 Å². The van der Waals surface area contributed by atoms with E-state index in [0.29, 0.717) is 17.9 Å². The largest absolute Gasteiger partial charge is 0.495 e. The van der Waals surface area contributed by atoms with Crippen LogP contribution in [-0.4, -0.2) is 98.5 Å². The van der Waals surface area contributed by atoms with E-state index >= 15 is 0 Å². The average Bonchev–Trinajstić information content (AvgIpc) is 3.02. The predicted molar refractivity (Wildman–Crippen MR) is 167 cm³/mol. The molecule has 0 radical (unpaired) electrons. The molecule has 3 N–H and O–H groups in total. The van der Waals surface area contributed by atoms with Gasteiger partial charge in [-0.3, -0.25) is 4.90 Å². The number of rotatable bonds is 7. The van der Waals surface area contributed by atoms with Gasteiger partial charge in [-0.15, -0.1) is 0 Å². The number of aryl methyl sites for hydroxylation is 1. The van der Waals surface area contributed by atoms with Gasteiger partial charge >= 0.3 is 0 Å². The van der Waals surface area contributed by atoms with Crippen molar-refractivity contribution < 1.29 is 9.47 Å². The number of pyridine rings is 2. The number of piperidine rings is 1. The molecule has 3 aliphatic rings. The van der Waals surface area contributed by atoms with E-state index in [1.165, 1.54) is 39.0 Å². The minimum absolute atomic E-state index is 0.362. The molecular weight excluding hydrogens is 514 g/mol. The Balaban J connectivity index is 1.26. The number of anilines is 3. The van der Waals surface area contributed by atoms with Crippen molar-refractivity contribution in [2.75, 3.05) is 82.6 Å². The minimum Gasteiger partial charge on any atom is -0.495 e. The lowest BCUT2D eigenvalue weighted by Crippen LogP contribution is -2.52. The maximum atomic E-state index is 6.39. The third-order valence-electron chi connectivity index (χ3n) is 9.26. The van der Waals surface area contributed by atoms with Gasteiger partial charge in [0.25, 0.3) is 0 Å². The Kier molecular flexibility index (Phi) is 8.46. The highest BCUT2D eigenvalue weighted by Crippen LogP contribution is 2.38. The van der Waals surface area contributed by atoms with Crippen molar-refractivity contribution in [3.8, 4) is 16.9 Å². The fourth-order valence-electron chi connectivity index (χ4n) is 6.63. The molecule has 41 heavy (non-hydrogen) atoms. The highest BCUT2D eigenvalue weighted by Gasteiger charge is 2.28. The smallest absolute Gasteiger partial charge is 0.142 e. The summed E-state index contributed by atoms with van der Waals surface area (Å²) in [6.45, 7) is 10.5. The van der Waals surface area contributed by atoms with Crippen molar-refractivity contribution in [1.29, 1.82) is 0 Å². The second kappa shape index (κ2) is 12.4. The molecule has 3 aliphatic heterocycles. The molecule has 9 nitrogen and oxygen atoms in total. The molecule has 220 valence electrons. The molecule has 5 heterocycles. The molecule has 0 aliphatic carbocycles. The van der Waals surface area contributed by atoms with Crippen LogP contribution in [0.1, 0.15) is 38.2 Å². The average molecular weight is 560 g/mol. The number of nitrogens with one attached hydrogen (secondary N) is 1. The van der Waals surface area contributed by atoms with Gasteiger partial charge in [0.2, 0.25) is 0 Å². The zero-order valence-corrected chi connectivity index (χ0v) is 24.9. The summed E-state index contributed by atoms with van der Waals surface area (Å²) in [5, 5.41) is 4.60. The number of piperazine rings is 1. The van der Waals surface area contributed by atoms with Crippen molar-refractivity contribution in [3.05, 3.63) is 36.0 Å². The zero-order chi connectivity index (χ0) is 28.3. The van der Waals surface area contributed by atoms with Crippen molar-refractivity contribution in [3.63, 3.8) is 0 Å². The maximum absolute atomic E-state index is 6.39. The first-order valence-corrected chi connectivity index (χ1v) is 15.3.